The Bertz CT molecular complexity index is 333. The van der Waals surface area contributed by atoms with Gasteiger partial charge in [0, 0.05) is 5.88 Å². The first kappa shape index (κ1) is 11.1. The Morgan fingerprint density at radius 2 is 2.21 bits per heavy atom. The lowest BCUT2D eigenvalue weighted by atomic mass is 10.2. The van der Waals surface area contributed by atoms with Gasteiger partial charge in [0.15, 0.2) is 5.75 Å². The fourth-order valence-electron chi connectivity index (χ4n) is 0.964. The SMILES string of the molecule is COc1cc(CCl)c(C(F)F)nc1F. The second-order valence-corrected chi connectivity index (χ2v) is 2.73. The summed E-state index contributed by atoms with van der Waals surface area (Å²) in [5.41, 5.74) is -0.571. The molecule has 2 nitrogen and oxygen atoms in total. The number of ether oxygens (including phenoxy) is 1. The molecule has 1 heterocycles. The van der Waals surface area contributed by atoms with E-state index in [-0.39, 0.29) is 17.2 Å². The van der Waals surface area contributed by atoms with E-state index in [4.69, 9.17) is 11.6 Å². The molecule has 0 aliphatic heterocycles. The number of halogens is 4. The summed E-state index contributed by atoms with van der Waals surface area (Å²) in [6.45, 7) is 0. The number of nitrogens with zero attached hydrogens (tertiary/aromatic N) is 1. The Kier molecular flexibility index (Phi) is 3.57. The zero-order valence-electron chi connectivity index (χ0n) is 7.23. The van der Waals surface area contributed by atoms with Gasteiger partial charge in [0.05, 0.1) is 7.11 Å². The monoisotopic (exact) mass is 225 g/mol. The molecule has 0 saturated heterocycles. The molecule has 0 bridgehead atoms. The van der Waals surface area contributed by atoms with Crippen LogP contribution in [0.15, 0.2) is 6.07 Å². The van der Waals surface area contributed by atoms with Gasteiger partial charge in [-0.05, 0) is 11.6 Å². The average Bonchev–Trinajstić information content (AvgIpc) is 2.17. The van der Waals surface area contributed by atoms with E-state index in [1.165, 1.54) is 7.11 Å². The van der Waals surface area contributed by atoms with Crippen LogP contribution in [0.4, 0.5) is 13.2 Å². The third-order valence-corrected chi connectivity index (χ3v) is 1.91. The lowest BCUT2D eigenvalue weighted by Crippen LogP contribution is -2.02. The lowest BCUT2D eigenvalue weighted by molar-refractivity contribution is 0.143. The van der Waals surface area contributed by atoms with E-state index >= 15 is 0 Å². The van der Waals surface area contributed by atoms with E-state index < -0.39 is 18.1 Å². The molecular formula is C8H7ClF3NO. The van der Waals surface area contributed by atoms with Crippen molar-refractivity contribution >= 4 is 11.6 Å². The quantitative estimate of drug-likeness (QED) is 0.583. The summed E-state index contributed by atoms with van der Waals surface area (Å²) in [7, 11) is 1.22. The van der Waals surface area contributed by atoms with Gasteiger partial charge in [-0.1, -0.05) is 0 Å². The molecule has 0 aliphatic rings. The highest BCUT2D eigenvalue weighted by molar-refractivity contribution is 6.17. The van der Waals surface area contributed by atoms with Crippen molar-refractivity contribution in [3.63, 3.8) is 0 Å². The molecule has 0 aromatic carbocycles. The molecule has 0 atom stereocenters. The van der Waals surface area contributed by atoms with Crippen LogP contribution in [0.25, 0.3) is 0 Å². The highest BCUT2D eigenvalue weighted by Gasteiger charge is 2.18. The van der Waals surface area contributed by atoms with Crippen molar-refractivity contribution in [3.8, 4) is 5.75 Å². The van der Waals surface area contributed by atoms with Crippen molar-refractivity contribution in [2.45, 2.75) is 12.3 Å². The normalized spacial score (nSPS) is 10.7. The van der Waals surface area contributed by atoms with Crippen molar-refractivity contribution in [1.82, 2.24) is 4.98 Å². The van der Waals surface area contributed by atoms with Gasteiger partial charge >= 0.3 is 0 Å². The number of methoxy groups -OCH3 is 1. The molecular weight excluding hydrogens is 219 g/mol. The third-order valence-electron chi connectivity index (χ3n) is 1.63. The highest BCUT2D eigenvalue weighted by atomic mass is 35.5. The summed E-state index contributed by atoms with van der Waals surface area (Å²) in [5, 5.41) is 0. The van der Waals surface area contributed by atoms with Crippen LogP contribution >= 0.6 is 11.6 Å². The first-order valence-electron chi connectivity index (χ1n) is 3.67. The summed E-state index contributed by atoms with van der Waals surface area (Å²) in [5.74, 6) is -1.41. The fourth-order valence-corrected chi connectivity index (χ4v) is 1.18. The molecule has 0 spiro atoms. The van der Waals surface area contributed by atoms with E-state index in [0.29, 0.717) is 0 Å². The number of pyridine rings is 1. The Morgan fingerprint density at radius 3 is 2.64 bits per heavy atom. The van der Waals surface area contributed by atoms with Crippen LogP contribution < -0.4 is 4.74 Å². The van der Waals surface area contributed by atoms with E-state index in [1.807, 2.05) is 0 Å². The minimum Gasteiger partial charge on any atom is -0.492 e. The molecule has 1 rings (SSSR count). The number of aromatic nitrogens is 1. The summed E-state index contributed by atoms with van der Waals surface area (Å²) >= 11 is 5.41. The molecule has 6 heteroatoms. The first-order valence-corrected chi connectivity index (χ1v) is 4.21. The predicted molar refractivity (Wildman–Crippen MR) is 45.3 cm³/mol. The van der Waals surface area contributed by atoms with Crippen LogP contribution in [-0.4, -0.2) is 12.1 Å². The Labute approximate surface area is 83.7 Å². The Balaban J connectivity index is 3.24. The van der Waals surface area contributed by atoms with Crippen molar-refractivity contribution in [1.29, 1.82) is 0 Å². The molecule has 0 saturated carbocycles. The second-order valence-electron chi connectivity index (χ2n) is 2.46. The molecule has 14 heavy (non-hydrogen) atoms. The first-order chi connectivity index (χ1) is 6.60. The zero-order chi connectivity index (χ0) is 10.7. The minimum absolute atomic E-state index is 0.0694. The van der Waals surface area contributed by atoms with E-state index in [2.05, 4.69) is 9.72 Å². The topological polar surface area (TPSA) is 22.1 Å². The second kappa shape index (κ2) is 4.50. The largest absolute Gasteiger partial charge is 0.492 e. The zero-order valence-corrected chi connectivity index (χ0v) is 7.99. The Hall–Kier alpha value is -0.970. The van der Waals surface area contributed by atoms with Crippen LogP contribution in [0.5, 0.6) is 5.75 Å². The van der Waals surface area contributed by atoms with Crippen LogP contribution in [0.1, 0.15) is 17.7 Å². The van der Waals surface area contributed by atoms with Crippen LogP contribution in [0.2, 0.25) is 0 Å². The van der Waals surface area contributed by atoms with Gasteiger partial charge in [-0.15, -0.1) is 11.6 Å². The van der Waals surface area contributed by atoms with Crippen LogP contribution in [0, 0.1) is 5.95 Å². The van der Waals surface area contributed by atoms with Gasteiger partial charge in [0.25, 0.3) is 12.4 Å². The van der Waals surface area contributed by atoms with Gasteiger partial charge < -0.3 is 4.74 Å². The highest BCUT2D eigenvalue weighted by Crippen LogP contribution is 2.27. The molecule has 0 aliphatic carbocycles. The third kappa shape index (κ3) is 2.09. The number of alkyl halides is 3. The van der Waals surface area contributed by atoms with Crippen molar-refractivity contribution in [2.75, 3.05) is 7.11 Å². The maximum Gasteiger partial charge on any atom is 0.280 e. The lowest BCUT2D eigenvalue weighted by Gasteiger charge is -2.08. The van der Waals surface area contributed by atoms with Crippen LogP contribution in [-0.2, 0) is 5.88 Å². The molecule has 0 fully saturated rings. The van der Waals surface area contributed by atoms with E-state index in [0.717, 1.165) is 6.07 Å². The molecule has 0 unspecified atom stereocenters. The molecule has 0 N–H and O–H groups in total. The maximum atomic E-state index is 12.9. The summed E-state index contributed by atoms with van der Waals surface area (Å²) in [4.78, 5) is 3.09. The molecule has 78 valence electrons. The van der Waals surface area contributed by atoms with Gasteiger partial charge in [0.2, 0.25) is 0 Å². The van der Waals surface area contributed by atoms with E-state index in [1.54, 1.807) is 0 Å². The van der Waals surface area contributed by atoms with Gasteiger partial charge in [-0.25, -0.2) is 13.8 Å². The van der Waals surface area contributed by atoms with Crippen molar-refractivity contribution in [2.24, 2.45) is 0 Å². The summed E-state index contributed by atoms with van der Waals surface area (Å²) in [6, 6.07) is 1.12. The molecule has 0 radical (unpaired) electrons. The Morgan fingerprint density at radius 1 is 1.57 bits per heavy atom. The maximum absolute atomic E-state index is 12.9. The number of rotatable bonds is 3. The summed E-state index contributed by atoms with van der Waals surface area (Å²) in [6.07, 6.45) is -2.84. The predicted octanol–water partition coefficient (Wildman–Crippen LogP) is 2.91. The smallest absolute Gasteiger partial charge is 0.280 e. The van der Waals surface area contributed by atoms with Gasteiger partial charge in [-0.3, -0.25) is 0 Å². The van der Waals surface area contributed by atoms with Crippen molar-refractivity contribution in [3.05, 3.63) is 23.3 Å². The molecule has 0 amide bonds. The summed E-state index contributed by atoms with van der Waals surface area (Å²) < 4.78 is 42.1. The molecule has 1 aromatic heterocycles. The average molecular weight is 226 g/mol. The number of hydrogen-bond donors (Lipinski definition) is 0. The van der Waals surface area contributed by atoms with Crippen molar-refractivity contribution < 1.29 is 17.9 Å². The van der Waals surface area contributed by atoms with Gasteiger partial charge in [-0.2, -0.15) is 4.39 Å². The fraction of sp³-hybridized carbons (Fsp3) is 0.375. The van der Waals surface area contributed by atoms with Gasteiger partial charge in [0.1, 0.15) is 5.69 Å². The van der Waals surface area contributed by atoms with E-state index in [9.17, 15) is 13.2 Å². The standard InChI is InChI=1S/C8H7ClF3NO/c1-14-5-2-4(3-9)6(7(10)11)13-8(5)12/h2,7H,3H2,1H3. The minimum atomic E-state index is -2.84. The number of hydrogen-bond acceptors (Lipinski definition) is 2. The van der Waals surface area contributed by atoms with Crippen LogP contribution in [0.3, 0.4) is 0 Å². The molecule has 1 aromatic rings.